The molecule has 0 bridgehead atoms. The van der Waals surface area contributed by atoms with Crippen molar-refractivity contribution in [1.82, 2.24) is 10.6 Å². The average Bonchev–Trinajstić information content (AvgIpc) is 2.97. The Morgan fingerprint density at radius 2 is 1.70 bits per heavy atom. The van der Waals surface area contributed by atoms with E-state index in [2.05, 4.69) is 16.4 Å². The lowest BCUT2D eigenvalue weighted by Gasteiger charge is -2.24. The van der Waals surface area contributed by atoms with E-state index in [-0.39, 0.29) is 47.5 Å². The molecular weight excluding hydrogens is 516 g/mol. The Morgan fingerprint density at radius 3 is 2.46 bits per heavy atom. The van der Waals surface area contributed by atoms with E-state index in [1.807, 2.05) is 42.5 Å². The van der Waals surface area contributed by atoms with Crippen molar-refractivity contribution < 1.29 is 40.9 Å². The predicted molar refractivity (Wildman–Crippen MR) is 136 cm³/mol. The SMILES string of the molecule is [Cl-].[NH3+]CCNC(=O)[C@@H](Cc1ccc2ccccc2c1)NC(=O)CN1C(=O)CCS(=O)(=O)c2ccccc21. The van der Waals surface area contributed by atoms with E-state index in [9.17, 15) is 22.8 Å². The molecule has 0 spiro atoms. The third kappa shape index (κ3) is 6.65. The quantitative estimate of drug-likeness (QED) is 0.286. The van der Waals surface area contributed by atoms with Crippen LogP contribution in [0.4, 0.5) is 5.69 Å². The Bertz CT molecular complexity index is 1410. The molecule has 1 aliphatic rings. The summed E-state index contributed by atoms with van der Waals surface area (Å²) >= 11 is 0. The molecule has 196 valence electrons. The van der Waals surface area contributed by atoms with Crippen molar-refractivity contribution in [2.24, 2.45) is 0 Å². The summed E-state index contributed by atoms with van der Waals surface area (Å²) < 4.78 is 25.2. The van der Waals surface area contributed by atoms with Crippen LogP contribution in [0.25, 0.3) is 10.8 Å². The first kappa shape index (κ1) is 28.1. The van der Waals surface area contributed by atoms with Crippen LogP contribution in [0, 0.1) is 0 Å². The van der Waals surface area contributed by atoms with Crippen LogP contribution in [-0.4, -0.2) is 57.6 Å². The second-order valence-electron chi connectivity index (χ2n) is 8.67. The summed E-state index contributed by atoms with van der Waals surface area (Å²) in [5, 5.41) is 7.60. The lowest BCUT2D eigenvalue weighted by molar-refractivity contribution is -0.364. The maximum atomic E-state index is 13.1. The number of carbonyl (C=O) groups is 3. The summed E-state index contributed by atoms with van der Waals surface area (Å²) in [6.07, 6.45) is 0.0211. The van der Waals surface area contributed by atoms with Crippen LogP contribution in [0.5, 0.6) is 0 Å². The molecule has 1 heterocycles. The number of hydrogen-bond donors (Lipinski definition) is 3. The molecule has 1 aliphatic heterocycles. The fourth-order valence-electron chi connectivity index (χ4n) is 4.25. The van der Waals surface area contributed by atoms with Gasteiger partial charge in [-0.1, -0.05) is 54.6 Å². The van der Waals surface area contributed by atoms with E-state index in [0.717, 1.165) is 16.3 Å². The number of hydrogen-bond acceptors (Lipinski definition) is 5. The molecule has 9 nitrogen and oxygen atoms in total. The van der Waals surface area contributed by atoms with E-state index >= 15 is 0 Å². The minimum atomic E-state index is -3.65. The number of rotatable bonds is 8. The maximum absolute atomic E-state index is 13.1. The number of amides is 3. The van der Waals surface area contributed by atoms with Crippen molar-refractivity contribution in [3.63, 3.8) is 0 Å². The average molecular weight is 545 g/mol. The molecule has 0 fully saturated rings. The smallest absolute Gasteiger partial charge is 0.243 e. The lowest BCUT2D eigenvalue weighted by atomic mass is 10.0. The first-order chi connectivity index (χ1) is 17.3. The van der Waals surface area contributed by atoms with Crippen molar-refractivity contribution in [3.05, 3.63) is 72.3 Å². The highest BCUT2D eigenvalue weighted by atomic mass is 35.5. The Kier molecular flexibility index (Phi) is 9.25. The van der Waals surface area contributed by atoms with E-state index in [1.54, 1.807) is 12.1 Å². The summed E-state index contributed by atoms with van der Waals surface area (Å²) in [6.45, 7) is 0.455. The number of fused-ring (bicyclic) bond motifs is 2. The van der Waals surface area contributed by atoms with Gasteiger partial charge in [-0.05, 0) is 28.5 Å². The first-order valence-corrected chi connectivity index (χ1v) is 13.4. The summed E-state index contributed by atoms with van der Waals surface area (Å²) in [7, 11) is -3.65. The van der Waals surface area contributed by atoms with Gasteiger partial charge in [0.25, 0.3) is 0 Å². The summed E-state index contributed by atoms with van der Waals surface area (Å²) in [5.41, 5.74) is 4.76. The predicted octanol–water partition coefficient (Wildman–Crippen LogP) is -2.56. The van der Waals surface area contributed by atoms with Crippen LogP contribution in [0.3, 0.4) is 0 Å². The monoisotopic (exact) mass is 544 g/mol. The third-order valence-corrected chi connectivity index (χ3v) is 7.82. The number of anilines is 1. The van der Waals surface area contributed by atoms with Crippen molar-refractivity contribution in [2.75, 3.05) is 30.3 Å². The number of carbonyl (C=O) groups excluding carboxylic acids is 3. The zero-order valence-corrected chi connectivity index (χ0v) is 21.7. The Labute approximate surface area is 221 Å². The number of nitrogens with one attached hydrogen (secondary N) is 2. The van der Waals surface area contributed by atoms with E-state index in [1.165, 1.54) is 17.0 Å². The Balaban J connectivity index is 0.00000380. The molecule has 0 saturated heterocycles. The fourth-order valence-corrected chi connectivity index (χ4v) is 5.69. The molecule has 37 heavy (non-hydrogen) atoms. The zero-order valence-electron chi connectivity index (χ0n) is 20.2. The van der Waals surface area contributed by atoms with Crippen molar-refractivity contribution in [1.29, 1.82) is 0 Å². The standard InChI is InChI=1S/C26H28N4O5S.ClH/c27-12-13-28-26(33)21(16-18-9-10-19-5-1-2-6-20(19)15-18)29-24(31)17-30-22-7-3-4-8-23(22)36(34,35)14-11-25(30)32;/h1-10,15,21H,11-14,16-17,27H2,(H,28,33)(H,29,31);1H/t21-;/m1./s1. The van der Waals surface area contributed by atoms with Crippen molar-refractivity contribution in [2.45, 2.75) is 23.8 Å². The zero-order chi connectivity index (χ0) is 25.7. The maximum Gasteiger partial charge on any atom is 0.243 e. The largest absolute Gasteiger partial charge is 1.00 e. The molecule has 11 heteroatoms. The van der Waals surface area contributed by atoms with Crippen molar-refractivity contribution >= 4 is 44.0 Å². The molecule has 5 N–H and O–H groups in total. The summed E-state index contributed by atoms with van der Waals surface area (Å²) in [4.78, 5) is 39.9. The molecule has 0 aliphatic carbocycles. The van der Waals surface area contributed by atoms with Gasteiger partial charge in [-0.3, -0.25) is 14.4 Å². The third-order valence-electron chi connectivity index (χ3n) is 6.06. The van der Waals surface area contributed by atoms with Gasteiger partial charge in [-0.2, -0.15) is 0 Å². The molecule has 4 rings (SSSR count). The molecule has 0 unspecified atom stereocenters. The van der Waals surface area contributed by atoms with E-state index < -0.39 is 34.2 Å². The van der Waals surface area contributed by atoms with Gasteiger partial charge in [-0.15, -0.1) is 0 Å². The van der Waals surface area contributed by atoms with Crippen molar-refractivity contribution in [3.8, 4) is 0 Å². The second kappa shape index (κ2) is 12.2. The Hall–Kier alpha value is -3.47. The van der Waals surface area contributed by atoms with Gasteiger partial charge in [0.15, 0.2) is 9.84 Å². The normalized spacial score (nSPS) is 15.2. The molecule has 1 atom stereocenters. The summed E-state index contributed by atoms with van der Waals surface area (Å²) in [6, 6.07) is 19.0. The topological polar surface area (TPSA) is 140 Å². The van der Waals surface area contributed by atoms with Crippen LogP contribution in [0.15, 0.2) is 71.6 Å². The van der Waals surface area contributed by atoms with E-state index in [0.29, 0.717) is 13.1 Å². The van der Waals surface area contributed by atoms with Crippen LogP contribution in [0.1, 0.15) is 12.0 Å². The highest BCUT2D eigenvalue weighted by molar-refractivity contribution is 7.91. The molecule has 3 aromatic rings. The van der Waals surface area contributed by atoms with Gasteiger partial charge < -0.3 is 33.7 Å². The molecule has 3 aromatic carbocycles. The lowest BCUT2D eigenvalue weighted by Crippen LogP contribution is -3.00. The number of quaternary nitrogens is 1. The molecule has 0 saturated carbocycles. The highest BCUT2D eigenvalue weighted by Crippen LogP contribution is 2.30. The van der Waals surface area contributed by atoms with Gasteiger partial charge in [0.05, 0.1) is 29.4 Å². The molecule has 0 radical (unpaired) electrons. The fraction of sp³-hybridized carbons (Fsp3) is 0.269. The Morgan fingerprint density at radius 1 is 1.00 bits per heavy atom. The van der Waals surface area contributed by atoms with Crippen LogP contribution >= 0.6 is 0 Å². The summed E-state index contributed by atoms with van der Waals surface area (Å²) in [5.74, 6) is -1.71. The first-order valence-electron chi connectivity index (χ1n) is 11.7. The number of nitrogens with zero attached hydrogens (tertiary/aromatic N) is 1. The minimum absolute atomic E-state index is 0. The van der Waals surface area contributed by atoms with Gasteiger partial charge in [0, 0.05) is 12.8 Å². The molecular formula is C26H29ClN4O5S. The number of halogens is 1. The molecule has 0 aromatic heterocycles. The van der Waals surface area contributed by atoms with Crippen LogP contribution < -0.4 is 33.7 Å². The second-order valence-corrected chi connectivity index (χ2v) is 10.7. The van der Waals surface area contributed by atoms with Gasteiger partial charge in [-0.25, -0.2) is 8.42 Å². The van der Waals surface area contributed by atoms with Gasteiger partial charge in [0.2, 0.25) is 17.7 Å². The number of benzene rings is 3. The highest BCUT2D eigenvalue weighted by Gasteiger charge is 2.32. The van der Waals surface area contributed by atoms with Crippen LogP contribution in [-0.2, 0) is 30.6 Å². The minimum Gasteiger partial charge on any atom is -1.00 e. The van der Waals surface area contributed by atoms with Gasteiger partial charge >= 0.3 is 0 Å². The van der Waals surface area contributed by atoms with Crippen LogP contribution in [0.2, 0.25) is 0 Å². The van der Waals surface area contributed by atoms with E-state index in [4.69, 9.17) is 0 Å². The molecule has 3 amide bonds. The number of para-hydroxylation sites is 1. The van der Waals surface area contributed by atoms with Gasteiger partial charge in [0.1, 0.15) is 12.6 Å². The number of sulfone groups is 1.